The predicted molar refractivity (Wildman–Crippen MR) is 80.9 cm³/mol. The molecule has 3 rings (SSSR count). The number of halogens is 1. The maximum Gasteiger partial charge on any atom is 0.240 e. The molecule has 0 fully saturated rings. The van der Waals surface area contributed by atoms with E-state index in [0.29, 0.717) is 23.3 Å². The summed E-state index contributed by atoms with van der Waals surface area (Å²) >= 11 is 0. The van der Waals surface area contributed by atoms with Crippen molar-refractivity contribution in [3.05, 3.63) is 65.5 Å². The largest absolute Gasteiger partial charge is 0.508 e. The van der Waals surface area contributed by atoms with E-state index in [-0.39, 0.29) is 17.5 Å². The third-order valence-electron chi connectivity index (χ3n) is 3.71. The van der Waals surface area contributed by atoms with Crippen molar-refractivity contribution in [3.63, 3.8) is 0 Å². The van der Waals surface area contributed by atoms with Crippen LogP contribution >= 0.6 is 0 Å². The van der Waals surface area contributed by atoms with E-state index in [0.717, 1.165) is 0 Å². The van der Waals surface area contributed by atoms with Gasteiger partial charge in [-0.25, -0.2) is 9.40 Å². The summed E-state index contributed by atoms with van der Waals surface area (Å²) in [5.41, 5.74) is 1.49. The van der Waals surface area contributed by atoms with Crippen LogP contribution in [0.4, 0.5) is 4.39 Å². The molecule has 5 heteroatoms. The zero-order chi connectivity index (χ0) is 15.7. The van der Waals surface area contributed by atoms with Gasteiger partial charge in [0.25, 0.3) is 0 Å². The minimum Gasteiger partial charge on any atom is -0.508 e. The molecule has 1 unspecified atom stereocenters. The normalized spacial score (nSPS) is 17.5. The summed E-state index contributed by atoms with van der Waals surface area (Å²) in [5, 5.41) is 15.6. The lowest BCUT2D eigenvalue weighted by molar-refractivity contribution is -0.130. The average Bonchev–Trinajstić information content (AvgIpc) is 2.93. The minimum atomic E-state index is -0.423. The Balaban J connectivity index is 2.01. The number of aromatic hydroxyl groups is 1. The monoisotopic (exact) mass is 298 g/mol. The lowest BCUT2D eigenvalue weighted by Gasteiger charge is -2.21. The molecule has 2 aromatic rings. The van der Waals surface area contributed by atoms with Gasteiger partial charge in [0, 0.05) is 24.5 Å². The molecule has 22 heavy (non-hydrogen) atoms. The molecule has 0 saturated heterocycles. The zero-order valence-electron chi connectivity index (χ0n) is 12.0. The summed E-state index contributed by atoms with van der Waals surface area (Å²) in [6, 6.07) is 12.7. The highest BCUT2D eigenvalue weighted by molar-refractivity contribution is 6.03. The topological polar surface area (TPSA) is 52.9 Å². The van der Waals surface area contributed by atoms with Crippen LogP contribution in [-0.2, 0) is 4.79 Å². The van der Waals surface area contributed by atoms with E-state index in [1.807, 2.05) is 0 Å². The first kappa shape index (κ1) is 14.3. The maximum atomic E-state index is 13.9. The first-order valence-corrected chi connectivity index (χ1v) is 6.98. The zero-order valence-corrected chi connectivity index (χ0v) is 12.0. The number of hydrogen-bond acceptors (Lipinski definition) is 3. The van der Waals surface area contributed by atoms with Gasteiger partial charge in [0.05, 0.1) is 11.8 Å². The first-order chi connectivity index (χ1) is 10.6. The van der Waals surface area contributed by atoms with Gasteiger partial charge >= 0.3 is 0 Å². The van der Waals surface area contributed by atoms with Crippen molar-refractivity contribution >= 4 is 11.6 Å². The van der Waals surface area contributed by atoms with Crippen molar-refractivity contribution in [3.8, 4) is 5.75 Å². The average molecular weight is 298 g/mol. The van der Waals surface area contributed by atoms with Gasteiger partial charge in [0.1, 0.15) is 11.6 Å². The summed E-state index contributed by atoms with van der Waals surface area (Å²) in [5.74, 6) is -0.522. The number of phenolic OH excluding ortho intramolecular Hbond substituents is 1. The quantitative estimate of drug-likeness (QED) is 0.925. The van der Waals surface area contributed by atoms with Gasteiger partial charge in [-0.1, -0.05) is 36.4 Å². The molecule has 2 aromatic carbocycles. The van der Waals surface area contributed by atoms with E-state index in [9.17, 15) is 14.3 Å². The van der Waals surface area contributed by atoms with Crippen LogP contribution in [0.15, 0.2) is 53.6 Å². The van der Waals surface area contributed by atoms with Gasteiger partial charge in [0.15, 0.2) is 0 Å². The third-order valence-corrected chi connectivity index (χ3v) is 3.71. The van der Waals surface area contributed by atoms with Crippen molar-refractivity contribution in [2.24, 2.45) is 5.10 Å². The molecular formula is C17H15FN2O2. The van der Waals surface area contributed by atoms with Crippen LogP contribution in [0, 0.1) is 5.82 Å². The fourth-order valence-corrected chi connectivity index (χ4v) is 2.67. The molecule has 0 spiro atoms. The Morgan fingerprint density at radius 1 is 1.23 bits per heavy atom. The molecular weight excluding hydrogens is 283 g/mol. The van der Waals surface area contributed by atoms with E-state index in [2.05, 4.69) is 5.10 Å². The Hall–Kier alpha value is -2.69. The Labute approximate surface area is 127 Å². The summed E-state index contributed by atoms with van der Waals surface area (Å²) in [4.78, 5) is 11.8. The van der Waals surface area contributed by atoms with Crippen LogP contribution in [0.3, 0.4) is 0 Å². The number of carbonyl (C=O) groups is 1. The van der Waals surface area contributed by atoms with Crippen LogP contribution in [0.1, 0.15) is 30.5 Å². The van der Waals surface area contributed by atoms with Crippen LogP contribution < -0.4 is 0 Å². The molecule has 0 saturated carbocycles. The standard InChI is InChI=1S/C17H15FN2O2/c1-11(21)20-16(13-7-3-5-9-17(13)22)10-15(19-20)12-6-2-4-8-14(12)18/h2-9,16,22H,10H2,1H3. The predicted octanol–water partition coefficient (Wildman–Crippen LogP) is 3.23. The Morgan fingerprint density at radius 2 is 1.91 bits per heavy atom. The van der Waals surface area contributed by atoms with Crippen LogP contribution in [-0.4, -0.2) is 21.7 Å². The highest BCUT2D eigenvalue weighted by Gasteiger charge is 2.33. The maximum absolute atomic E-state index is 13.9. The molecule has 0 aliphatic carbocycles. The number of para-hydroxylation sites is 1. The van der Waals surface area contributed by atoms with Gasteiger partial charge in [0.2, 0.25) is 5.91 Å². The summed E-state index contributed by atoms with van der Waals surface area (Å²) in [6.07, 6.45) is 0.359. The van der Waals surface area contributed by atoms with E-state index >= 15 is 0 Å². The smallest absolute Gasteiger partial charge is 0.240 e. The summed E-state index contributed by atoms with van der Waals surface area (Å²) in [7, 11) is 0. The SMILES string of the molecule is CC(=O)N1N=C(c2ccccc2F)CC1c1ccccc1O. The van der Waals surface area contributed by atoms with Crippen LogP contribution in [0.25, 0.3) is 0 Å². The van der Waals surface area contributed by atoms with Gasteiger partial charge in [-0.2, -0.15) is 5.10 Å². The molecule has 1 N–H and O–H groups in total. The molecule has 112 valence electrons. The molecule has 1 aliphatic heterocycles. The second kappa shape index (κ2) is 5.60. The van der Waals surface area contributed by atoms with Crippen molar-refractivity contribution in [2.45, 2.75) is 19.4 Å². The summed E-state index contributed by atoms with van der Waals surface area (Å²) in [6.45, 7) is 1.40. The lowest BCUT2D eigenvalue weighted by atomic mass is 9.97. The fraction of sp³-hybridized carbons (Fsp3) is 0.176. The third kappa shape index (κ3) is 2.45. The van der Waals surface area contributed by atoms with Crippen LogP contribution in [0.5, 0.6) is 5.75 Å². The van der Waals surface area contributed by atoms with E-state index in [1.54, 1.807) is 42.5 Å². The number of rotatable bonds is 2. The van der Waals surface area contributed by atoms with Crippen LogP contribution in [0.2, 0.25) is 0 Å². The van der Waals surface area contributed by atoms with E-state index in [1.165, 1.54) is 18.0 Å². The number of hydrazone groups is 1. The Bertz CT molecular complexity index is 758. The van der Waals surface area contributed by atoms with E-state index < -0.39 is 6.04 Å². The molecule has 0 radical (unpaired) electrons. The molecule has 4 nitrogen and oxygen atoms in total. The van der Waals surface area contributed by atoms with E-state index in [4.69, 9.17) is 0 Å². The van der Waals surface area contributed by atoms with Gasteiger partial charge in [-0.3, -0.25) is 4.79 Å². The van der Waals surface area contributed by atoms with Crippen molar-refractivity contribution < 1.29 is 14.3 Å². The van der Waals surface area contributed by atoms with Gasteiger partial charge < -0.3 is 5.11 Å². The minimum absolute atomic E-state index is 0.101. The second-order valence-electron chi connectivity index (χ2n) is 5.17. The molecule has 1 amide bonds. The number of phenols is 1. The highest BCUT2D eigenvalue weighted by atomic mass is 19.1. The lowest BCUT2D eigenvalue weighted by Crippen LogP contribution is -2.24. The van der Waals surface area contributed by atoms with Gasteiger partial charge in [-0.05, 0) is 12.1 Å². The molecule has 0 bridgehead atoms. The Morgan fingerprint density at radius 3 is 2.59 bits per heavy atom. The molecule has 1 heterocycles. The molecule has 0 aromatic heterocycles. The number of benzene rings is 2. The highest BCUT2D eigenvalue weighted by Crippen LogP contribution is 2.37. The number of carbonyl (C=O) groups excluding carboxylic acids is 1. The number of hydrogen-bond donors (Lipinski definition) is 1. The molecule has 1 atom stereocenters. The number of amides is 1. The second-order valence-corrected chi connectivity index (χ2v) is 5.17. The van der Waals surface area contributed by atoms with Crippen molar-refractivity contribution in [1.82, 2.24) is 5.01 Å². The summed E-state index contributed by atoms with van der Waals surface area (Å²) < 4.78 is 13.9. The first-order valence-electron chi connectivity index (χ1n) is 6.98. The Kier molecular flexibility index (Phi) is 3.63. The fourth-order valence-electron chi connectivity index (χ4n) is 2.67. The van der Waals surface area contributed by atoms with Crippen molar-refractivity contribution in [2.75, 3.05) is 0 Å². The number of nitrogens with zero attached hydrogens (tertiary/aromatic N) is 2. The van der Waals surface area contributed by atoms with Crippen molar-refractivity contribution in [1.29, 1.82) is 0 Å². The molecule has 1 aliphatic rings. The van der Waals surface area contributed by atoms with Gasteiger partial charge in [-0.15, -0.1) is 0 Å².